The lowest BCUT2D eigenvalue weighted by atomic mass is 10.3. The van der Waals surface area contributed by atoms with Crippen molar-refractivity contribution in [2.75, 3.05) is 19.0 Å². The Morgan fingerprint density at radius 1 is 1.35 bits per heavy atom. The van der Waals surface area contributed by atoms with Crippen molar-refractivity contribution < 1.29 is 26.7 Å². The number of amides is 1. The number of nitrogens with two attached hydrogens (primary N) is 1. The van der Waals surface area contributed by atoms with Gasteiger partial charge in [0.15, 0.2) is 0 Å². The maximum atomic E-state index is 12.3. The highest BCUT2D eigenvalue weighted by Gasteiger charge is 2.26. The molecule has 0 bridgehead atoms. The highest BCUT2D eigenvalue weighted by Crippen LogP contribution is 2.20. The number of alkyl halides is 2. The van der Waals surface area contributed by atoms with Gasteiger partial charge in [-0.2, -0.15) is 8.78 Å². The summed E-state index contributed by atoms with van der Waals surface area (Å²) in [5.74, 6) is -4.00. The van der Waals surface area contributed by atoms with Crippen molar-refractivity contribution in [1.29, 1.82) is 0 Å². The number of anilines is 1. The predicted molar refractivity (Wildman–Crippen MR) is 68.1 cm³/mol. The molecule has 0 spiro atoms. The van der Waals surface area contributed by atoms with Crippen LogP contribution in [0.25, 0.3) is 0 Å². The average molecular weight is 308 g/mol. The number of ether oxygens (including phenoxy) is 1. The van der Waals surface area contributed by atoms with Crippen LogP contribution in [-0.2, 0) is 19.4 Å². The van der Waals surface area contributed by atoms with Crippen LogP contribution in [0.5, 0.6) is 0 Å². The summed E-state index contributed by atoms with van der Waals surface area (Å²) >= 11 is 0. The van der Waals surface area contributed by atoms with E-state index in [0.29, 0.717) is 0 Å². The van der Waals surface area contributed by atoms with Crippen LogP contribution in [0.1, 0.15) is 0 Å². The van der Waals surface area contributed by atoms with Crippen molar-refractivity contribution in [3.63, 3.8) is 0 Å². The molecule has 0 radical (unpaired) electrons. The largest absolute Gasteiger partial charge is 0.370 e. The summed E-state index contributed by atoms with van der Waals surface area (Å²) in [7, 11) is -3.32. The first-order valence-corrected chi connectivity index (χ1v) is 7.03. The fourth-order valence-electron chi connectivity index (χ4n) is 1.36. The Labute approximate surface area is 114 Å². The van der Waals surface area contributed by atoms with Gasteiger partial charge in [-0.05, 0) is 24.3 Å². The molecule has 1 aromatic carbocycles. The minimum absolute atomic E-state index is 0.0276. The van der Waals surface area contributed by atoms with Crippen LogP contribution in [0.3, 0.4) is 0 Å². The monoisotopic (exact) mass is 308 g/mol. The second kappa shape index (κ2) is 6.73. The van der Waals surface area contributed by atoms with Crippen LogP contribution in [0, 0.1) is 0 Å². The average Bonchev–Trinajstić information content (AvgIpc) is 2.40. The van der Waals surface area contributed by atoms with Crippen molar-refractivity contribution in [3.8, 4) is 0 Å². The van der Waals surface area contributed by atoms with Gasteiger partial charge >= 0.3 is 5.76 Å². The third-order valence-electron chi connectivity index (χ3n) is 2.48. The Bertz CT molecular complexity index is 556. The number of carbonyl (C=O) groups is 1. The maximum Gasteiger partial charge on any atom is 0.341 e. The SMILES string of the molecule is COC(CN)C(=O)Nc1ccc(S(=O)(=O)C(F)F)cc1. The minimum atomic E-state index is -4.64. The number of halogens is 2. The number of hydrogen-bond acceptors (Lipinski definition) is 5. The molecule has 0 aromatic heterocycles. The first kappa shape index (κ1) is 16.5. The van der Waals surface area contributed by atoms with E-state index >= 15 is 0 Å². The van der Waals surface area contributed by atoms with E-state index in [4.69, 9.17) is 10.5 Å². The molecule has 6 nitrogen and oxygen atoms in total. The number of carbonyl (C=O) groups excluding carboxylic acids is 1. The van der Waals surface area contributed by atoms with Gasteiger partial charge in [-0.1, -0.05) is 0 Å². The van der Waals surface area contributed by atoms with Gasteiger partial charge in [-0.25, -0.2) is 8.42 Å². The van der Waals surface area contributed by atoms with Crippen LogP contribution in [-0.4, -0.2) is 39.8 Å². The minimum Gasteiger partial charge on any atom is -0.370 e. The zero-order chi connectivity index (χ0) is 15.3. The Kier molecular flexibility index (Phi) is 5.54. The molecule has 9 heteroatoms. The number of benzene rings is 1. The van der Waals surface area contributed by atoms with Crippen LogP contribution in [0.4, 0.5) is 14.5 Å². The fraction of sp³-hybridized carbons (Fsp3) is 0.364. The van der Waals surface area contributed by atoms with Crippen molar-refractivity contribution in [1.82, 2.24) is 0 Å². The Balaban J connectivity index is 2.85. The molecule has 112 valence electrons. The molecule has 0 aliphatic carbocycles. The van der Waals surface area contributed by atoms with Crippen LogP contribution in [0.15, 0.2) is 29.2 Å². The lowest BCUT2D eigenvalue weighted by Gasteiger charge is -2.13. The van der Waals surface area contributed by atoms with Crippen molar-refractivity contribution >= 4 is 21.4 Å². The van der Waals surface area contributed by atoms with Gasteiger partial charge in [-0.15, -0.1) is 0 Å². The van der Waals surface area contributed by atoms with Gasteiger partial charge in [0.05, 0.1) is 4.90 Å². The summed E-state index contributed by atoms with van der Waals surface area (Å²) in [6.07, 6.45) is -0.848. The van der Waals surface area contributed by atoms with Crippen molar-refractivity contribution in [2.45, 2.75) is 16.8 Å². The second-order valence-electron chi connectivity index (χ2n) is 3.78. The standard InChI is InChI=1S/C11H14F2N2O4S/c1-19-9(6-14)10(16)15-7-2-4-8(5-3-7)20(17,18)11(12)13/h2-5,9,11H,6,14H2,1H3,(H,15,16). The van der Waals surface area contributed by atoms with Gasteiger partial charge in [0.25, 0.3) is 5.91 Å². The van der Waals surface area contributed by atoms with E-state index < -0.39 is 32.5 Å². The second-order valence-corrected chi connectivity index (χ2v) is 5.70. The van der Waals surface area contributed by atoms with E-state index in [9.17, 15) is 22.0 Å². The highest BCUT2D eigenvalue weighted by molar-refractivity contribution is 7.91. The molecule has 0 saturated heterocycles. The molecule has 1 rings (SSSR count). The van der Waals surface area contributed by atoms with E-state index in [1.807, 2.05) is 0 Å². The first-order valence-electron chi connectivity index (χ1n) is 5.48. The van der Waals surface area contributed by atoms with Crippen molar-refractivity contribution in [2.24, 2.45) is 5.73 Å². The summed E-state index contributed by atoms with van der Waals surface area (Å²) < 4.78 is 51.8. The number of nitrogens with one attached hydrogen (secondary N) is 1. The summed E-state index contributed by atoms with van der Waals surface area (Å²) in [5, 5.41) is 2.43. The number of rotatable bonds is 6. The molecule has 0 saturated carbocycles. The topological polar surface area (TPSA) is 98.5 Å². The molecular formula is C11H14F2N2O4S. The first-order chi connectivity index (χ1) is 9.32. The van der Waals surface area contributed by atoms with Gasteiger partial charge in [0.2, 0.25) is 9.84 Å². The molecular weight excluding hydrogens is 294 g/mol. The van der Waals surface area contributed by atoms with Gasteiger partial charge in [0, 0.05) is 19.3 Å². The van der Waals surface area contributed by atoms with Crippen LogP contribution in [0.2, 0.25) is 0 Å². The Morgan fingerprint density at radius 2 is 1.90 bits per heavy atom. The molecule has 20 heavy (non-hydrogen) atoms. The van der Waals surface area contributed by atoms with E-state index in [-0.39, 0.29) is 12.2 Å². The number of hydrogen-bond donors (Lipinski definition) is 2. The van der Waals surface area contributed by atoms with Crippen molar-refractivity contribution in [3.05, 3.63) is 24.3 Å². The van der Waals surface area contributed by atoms with Gasteiger partial charge in [-0.3, -0.25) is 4.79 Å². The summed E-state index contributed by atoms with van der Waals surface area (Å²) in [4.78, 5) is 11.1. The molecule has 0 heterocycles. The zero-order valence-electron chi connectivity index (χ0n) is 10.5. The fourth-order valence-corrected chi connectivity index (χ4v) is 2.09. The molecule has 1 amide bonds. The van der Waals surface area contributed by atoms with Gasteiger partial charge < -0.3 is 15.8 Å². The zero-order valence-corrected chi connectivity index (χ0v) is 11.4. The predicted octanol–water partition coefficient (Wildman–Crippen LogP) is 0.595. The number of sulfone groups is 1. The van der Waals surface area contributed by atoms with E-state index in [2.05, 4.69) is 5.32 Å². The van der Waals surface area contributed by atoms with Gasteiger partial charge in [0.1, 0.15) is 6.10 Å². The quantitative estimate of drug-likeness (QED) is 0.801. The Morgan fingerprint density at radius 3 is 2.30 bits per heavy atom. The summed E-state index contributed by atoms with van der Waals surface area (Å²) in [5.41, 5.74) is 5.55. The molecule has 1 atom stereocenters. The molecule has 1 unspecified atom stereocenters. The van der Waals surface area contributed by atoms with Crippen LogP contribution >= 0.6 is 0 Å². The van der Waals surface area contributed by atoms with E-state index in [0.717, 1.165) is 12.1 Å². The molecule has 1 aromatic rings. The third kappa shape index (κ3) is 3.71. The lowest BCUT2D eigenvalue weighted by Crippen LogP contribution is -2.35. The number of methoxy groups -OCH3 is 1. The lowest BCUT2D eigenvalue weighted by molar-refractivity contribution is -0.125. The molecule has 0 fully saturated rings. The summed E-state index contributed by atoms with van der Waals surface area (Å²) in [6, 6.07) is 4.38. The van der Waals surface area contributed by atoms with Crippen LogP contribution < -0.4 is 11.1 Å². The third-order valence-corrected chi connectivity index (χ3v) is 3.87. The van der Waals surface area contributed by atoms with E-state index in [1.165, 1.54) is 19.2 Å². The summed E-state index contributed by atoms with van der Waals surface area (Å²) in [6.45, 7) is -0.0276. The smallest absolute Gasteiger partial charge is 0.341 e. The van der Waals surface area contributed by atoms with E-state index in [1.54, 1.807) is 0 Å². The molecule has 0 aliphatic heterocycles. The molecule has 0 aliphatic rings. The molecule has 3 N–H and O–H groups in total. The Hall–Kier alpha value is -1.58. The highest BCUT2D eigenvalue weighted by atomic mass is 32.2. The normalized spacial score (nSPS) is 13.2. The maximum absolute atomic E-state index is 12.3.